The Labute approximate surface area is 185 Å². The van der Waals surface area contributed by atoms with E-state index >= 15 is 0 Å². The van der Waals surface area contributed by atoms with E-state index in [9.17, 15) is 14.9 Å². The minimum atomic E-state index is -0.430. The molecule has 1 aliphatic rings. The summed E-state index contributed by atoms with van der Waals surface area (Å²) in [6, 6.07) is 4.55. The van der Waals surface area contributed by atoms with Crippen molar-refractivity contribution in [3.8, 4) is 0 Å². The van der Waals surface area contributed by atoms with Crippen LogP contribution >= 0.6 is 23.6 Å². The van der Waals surface area contributed by atoms with Crippen LogP contribution in [0.3, 0.4) is 0 Å². The minimum absolute atomic E-state index is 0.0274. The van der Waals surface area contributed by atoms with Crippen molar-refractivity contribution in [3.63, 3.8) is 0 Å². The molecular weight excluding hydrogens is 422 g/mol. The van der Waals surface area contributed by atoms with Gasteiger partial charge in [0.15, 0.2) is 5.11 Å². The average molecular weight is 448 g/mol. The molecule has 0 unspecified atom stereocenters. The number of ether oxygens (including phenoxy) is 1. The van der Waals surface area contributed by atoms with Crippen LogP contribution in [0.5, 0.6) is 0 Å². The van der Waals surface area contributed by atoms with Gasteiger partial charge < -0.3 is 15.4 Å². The largest absolute Gasteiger partial charge is 0.462 e. The molecule has 3 rings (SSSR count). The van der Waals surface area contributed by atoms with E-state index in [-0.39, 0.29) is 11.7 Å². The number of benzene rings is 1. The molecule has 2 N–H and O–H groups in total. The number of hydrogen-bond acceptors (Lipinski definition) is 6. The van der Waals surface area contributed by atoms with Crippen LogP contribution < -0.4 is 10.6 Å². The lowest BCUT2D eigenvalue weighted by Gasteiger charge is -2.13. The lowest BCUT2D eigenvalue weighted by molar-refractivity contribution is -0.384. The standard InChI is InChI=1S/C21H25N3O4S2/c1-3-28-20(25)18-15-8-6-4-5-7-9-17(15)30-19(18)23-21(29)22-16-11-10-14(24(26)27)12-13(16)2/h10-12H,3-9H2,1-2H3,(H2,22,23,29). The fraction of sp³-hybridized carbons (Fsp3) is 0.429. The summed E-state index contributed by atoms with van der Waals surface area (Å²) in [6.45, 7) is 3.89. The van der Waals surface area contributed by atoms with Crippen molar-refractivity contribution < 1.29 is 14.5 Å². The molecule has 7 nitrogen and oxygen atoms in total. The van der Waals surface area contributed by atoms with Crippen molar-refractivity contribution in [1.29, 1.82) is 0 Å². The molecule has 0 aliphatic heterocycles. The van der Waals surface area contributed by atoms with Crippen LogP contribution in [-0.2, 0) is 17.6 Å². The van der Waals surface area contributed by atoms with Crippen molar-refractivity contribution in [3.05, 3.63) is 49.9 Å². The highest BCUT2D eigenvalue weighted by molar-refractivity contribution is 7.80. The molecule has 1 aromatic carbocycles. The van der Waals surface area contributed by atoms with E-state index in [0.717, 1.165) is 31.2 Å². The quantitative estimate of drug-likeness (QED) is 0.266. The fourth-order valence-corrected chi connectivity index (χ4v) is 5.14. The normalized spacial score (nSPS) is 13.5. The van der Waals surface area contributed by atoms with Gasteiger partial charge >= 0.3 is 5.97 Å². The summed E-state index contributed by atoms with van der Waals surface area (Å²) in [7, 11) is 0. The molecular formula is C21H25N3O4S2. The zero-order valence-electron chi connectivity index (χ0n) is 17.1. The van der Waals surface area contributed by atoms with Gasteiger partial charge in [0.05, 0.1) is 17.1 Å². The van der Waals surface area contributed by atoms with Crippen LogP contribution in [0.15, 0.2) is 18.2 Å². The fourth-order valence-electron chi connectivity index (χ4n) is 3.59. The number of nitro benzene ring substituents is 1. The van der Waals surface area contributed by atoms with Crippen molar-refractivity contribution in [2.45, 2.75) is 52.4 Å². The topological polar surface area (TPSA) is 93.5 Å². The number of carbonyl (C=O) groups excluding carboxylic acids is 1. The van der Waals surface area contributed by atoms with Gasteiger partial charge in [0.25, 0.3) is 5.69 Å². The van der Waals surface area contributed by atoms with E-state index in [4.69, 9.17) is 17.0 Å². The molecule has 0 atom stereocenters. The molecule has 2 aromatic rings. The van der Waals surface area contributed by atoms with Crippen LogP contribution in [0.1, 0.15) is 59.0 Å². The summed E-state index contributed by atoms with van der Waals surface area (Å²) >= 11 is 7.02. The molecule has 30 heavy (non-hydrogen) atoms. The molecule has 0 saturated carbocycles. The molecule has 0 amide bonds. The number of thiophene rings is 1. The Morgan fingerprint density at radius 2 is 1.97 bits per heavy atom. The number of carbonyl (C=O) groups is 1. The van der Waals surface area contributed by atoms with E-state index in [2.05, 4.69) is 10.6 Å². The van der Waals surface area contributed by atoms with Crippen molar-refractivity contribution in [2.75, 3.05) is 17.2 Å². The van der Waals surface area contributed by atoms with E-state index in [1.807, 2.05) is 0 Å². The third kappa shape index (κ3) is 5.14. The summed E-state index contributed by atoms with van der Waals surface area (Å²) in [5, 5.41) is 18.2. The zero-order chi connectivity index (χ0) is 21.7. The van der Waals surface area contributed by atoms with Crippen LogP contribution in [0.25, 0.3) is 0 Å². The molecule has 0 spiro atoms. The molecule has 0 bridgehead atoms. The Hall–Kier alpha value is -2.52. The van der Waals surface area contributed by atoms with Gasteiger partial charge in [-0.2, -0.15) is 0 Å². The lowest BCUT2D eigenvalue weighted by atomic mass is 9.96. The maximum absolute atomic E-state index is 12.7. The number of thiocarbonyl (C=S) groups is 1. The molecule has 0 radical (unpaired) electrons. The predicted molar refractivity (Wildman–Crippen MR) is 124 cm³/mol. The van der Waals surface area contributed by atoms with Crippen LogP contribution in [-0.4, -0.2) is 22.6 Å². The summed E-state index contributed by atoms with van der Waals surface area (Å²) in [4.78, 5) is 24.4. The molecule has 9 heteroatoms. The smallest absolute Gasteiger partial charge is 0.341 e. The zero-order valence-corrected chi connectivity index (χ0v) is 18.7. The summed E-state index contributed by atoms with van der Waals surface area (Å²) in [5.41, 5.74) is 3.07. The first-order chi connectivity index (χ1) is 14.4. The first-order valence-electron chi connectivity index (χ1n) is 10.1. The molecule has 1 aromatic heterocycles. The number of anilines is 2. The Balaban J connectivity index is 1.84. The van der Waals surface area contributed by atoms with Crippen molar-refractivity contribution >= 4 is 51.0 Å². The predicted octanol–water partition coefficient (Wildman–Crippen LogP) is 5.61. The van der Waals surface area contributed by atoms with Gasteiger partial charge in [0.2, 0.25) is 0 Å². The van der Waals surface area contributed by atoms with Gasteiger partial charge in [-0.15, -0.1) is 11.3 Å². The number of rotatable bonds is 5. The highest BCUT2D eigenvalue weighted by Crippen LogP contribution is 2.37. The number of nitrogens with one attached hydrogen (secondary N) is 2. The Morgan fingerprint density at radius 1 is 1.23 bits per heavy atom. The number of esters is 1. The van der Waals surface area contributed by atoms with Crippen molar-refractivity contribution in [1.82, 2.24) is 0 Å². The number of fused-ring (bicyclic) bond motifs is 1. The van der Waals surface area contributed by atoms with Gasteiger partial charge in [-0.25, -0.2) is 4.79 Å². The van der Waals surface area contributed by atoms with Gasteiger partial charge in [-0.1, -0.05) is 12.8 Å². The number of non-ortho nitro benzene ring substituents is 1. The molecule has 0 fully saturated rings. The Kier molecular flexibility index (Phi) is 7.38. The molecule has 1 aliphatic carbocycles. The third-order valence-electron chi connectivity index (χ3n) is 5.05. The van der Waals surface area contributed by atoms with Crippen LogP contribution in [0.4, 0.5) is 16.4 Å². The first-order valence-corrected chi connectivity index (χ1v) is 11.3. The maximum Gasteiger partial charge on any atom is 0.341 e. The van der Waals surface area contributed by atoms with Gasteiger partial charge in [-0.3, -0.25) is 10.1 Å². The second-order valence-electron chi connectivity index (χ2n) is 7.18. The van der Waals surface area contributed by atoms with Gasteiger partial charge in [0, 0.05) is 22.7 Å². The van der Waals surface area contributed by atoms with Crippen LogP contribution in [0, 0.1) is 17.0 Å². The van der Waals surface area contributed by atoms with Crippen molar-refractivity contribution in [2.24, 2.45) is 0 Å². The highest BCUT2D eigenvalue weighted by atomic mass is 32.1. The Bertz CT molecular complexity index is 971. The average Bonchev–Trinajstić information content (AvgIpc) is 2.99. The van der Waals surface area contributed by atoms with Crippen LogP contribution in [0.2, 0.25) is 0 Å². The monoisotopic (exact) mass is 447 g/mol. The highest BCUT2D eigenvalue weighted by Gasteiger charge is 2.25. The molecule has 160 valence electrons. The second-order valence-corrected chi connectivity index (χ2v) is 8.69. The van der Waals surface area contributed by atoms with Gasteiger partial charge in [-0.05, 0) is 68.9 Å². The van der Waals surface area contributed by atoms with E-state index < -0.39 is 4.92 Å². The van der Waals surface area contributed by atoms with E-state index in [0.29, 0.717) is 33.5 Å². The third-order valence-corrected chi connectivity index (χ3v) is 6.46. The SMILES string of the molecule is CCOC(=O)c1c(NC(=S)Nc2ccc([N+](=O)[O-])cc2C)sc2c1CCCCCC2. The number of nitrogens with zero attached hydrogens (tertiary/aromatic N) is 1. The number of aryl methyl sites for hydroxylation is 2. The summed E-state index contributed by atoms with van der Waals surface area (Å²) in [6.07, 6.45) is 6.35. The van der Waals surface area contributed by atoms with E-state index in [1.165, 1.54) is 29.9 Å². The van der Waals surface area contributed by atoms with E-state index in [1.54, 1.807) is 31.3 Å². The van der Waals surface area contributed by atoms with Gasteiger partial charge in [0.1, 0.15) is 5.00 Å². The minimum Gasteiger partial charge on any atom is -0.462 e. The second kappa shape index (κ2) is 9.99. The number of hydrogen-bond donors (Lipinski definition) is 2. The maximum atomic E-state index is 12.7. The Morgan fingerprint density at radius 3 is 2.63 bits per heavy atom. The number of nitro groups is 1. The lowest BCUT2D eigenvalue weighted by Crippen LogP contribution is -2.21. The molecule has 1 heterocycles. The summed E-state index contributed by atoms with van der Waals surface area (Å²) < 4.78 is 5.32. The molecule has 0 saturated heterocycles. The summed E-state index contributed by atoms with van der Waals surface area (Å²) in [5.74, 6) is -0.326. The first kappa shape index (κ1) is 22.2.